The molecule has 0 saturated carbocycles. The molecule has 0 heterocycles. The van der Waals surface area contributed by atoms with E-state index in [0.717, 1.165) is 24.3 Å². The normalized spacial score (nSPS) is 20.3. The van der Waals surface area contributed by atoms with Crippen LogP contribution in [0.25, 0.3) is 0 Å². The molecular formula is C11H13ClO. The molecule has 1 aliphatic carbocycles. The van der Waals surface area contributed by atoms with Gasteiger partial charge in [-0.3, -0.25) is 0 Å². The van der Waals surface area contributed by atoms with Crippen LogP contribution in [0.4, 0.5) is 0 Å². The van der Waals surface area contributed by atoms with E-state index in [0.29, 0.717) is 5.92 Å². The summed E-state index contributed by atoms with van der Waals surface area (Å²) in [7, 11) is 0. The Morgan fingerprint density at radius 2 is 2.23 bits per heavy atom. The Labute approximate surface area is 83.3 Å². The molecule has 2 heteroatoms. The number of benzene rings is 1. The number of aliphatic hydroxyl groups is 1. The smallest absolute Gasteiger partial charge is 0.0440 e. The zero-order chi connectivity index (χ0) is 9.26. The molecule has 0 aliphatic heterocycles. The summed E-state index contributed by atoms with van der Waals surface area (Å²) in [6, 6.07) is 6.09. The molecule has 0 spiro atoms. The first-order chi connectivity index (χ1) is 6.31. The van der Waals surface area contributed by atoms with Crippen LogP contribution in [-0.4, -0.2) is 11.7 Å². The van der Waals surface area contributed by atoms with Crippen LogP contribution < -0.4 is 0 Å². The molecule has 1 nitrogen and oxygen atoms in total. The Balaban J connectivity index is 2.20. The molecule has 0 saturated heterocycles. The van der Waals surface area contributed by atoms with Gasteiger partial charge >= 0.3 is 0 Å². The summed E-state index contributed by atoms with van der Waals surface area (Å²) < 4.78 is 0. The number of hydrogen-bond acceptors (Lipinski definition) is 1. The minimum atomic E-state index is 0.288. The van der Waals surface area contributed by atoms with Crippen molar-refractivity contribution >= 4 is 11.6 Å². The lowest BCUT2D eigenvalue weighted by Gasteiger charge is -2.04. The molecule has 1 aromatic carbocycles. The number of rotatable bonds is 2. The summed E-state index contributed by atoms with van der Waals surface area (Å²) in [5, 5.41) is 9.73. The molecule has 70 valence electrons. The van der Waals surface area contributed by atoms with Crippen molar-refractivity contribution in [2.75, 3.05) is 6.61 Å². The molecule has 0 amide bonds. The highest BCUT2D eigenvalue weighted by Gasteiger charge is 2.22. The predicted molar refractivity (Wildman–Crippen MR) is 54.1 cm³/mol. The maximum atomic E-state index is 8.84. The average molecular weight is 197 g/mol. The van der Waals surface area contributed by atoms with Crippen molar-refractivity contribution in [3.63, 3.8) is 0 Å². The second kappa shape index (κ2) is 3.69. The largest absolute Gasteiger partial charge is 0.396 e. The van der Waals surface area contributed by atoms with Gasteiger partial charge in [-0.05, 0) is 42.4 Å². The van der Waals surface area contributed by atoms with Gasteiger partial charge in [0.2, 0.25) is 0 Å². The topological polar surface area (TPSA) is 20.2 Å². The lowest BCUT2D eigenvalue weighted by molar-refractivity contribution is 0.259. The number of hydrogen-bond donors (Lipinski definition) is 1. The third kappa shape index (κ3) is 1.72. The number of halogens is 1. The van der Waals surface area contributed by atoms with Crippen molar-refractivity contribution in [2.45, 2.75) is 19.3 Å². The summed E-state index contributed by atoms with van der Waals surface area (Å²) in [5.74, 6) is 0.597. The van der Waals surface area contributed by atoms with E-state index in [4.69, 9.17) is 16.7 Å². The second-order valence-corrected chi connectivity index (χ2v) is 4.07. The van der Waals surface area contributed by atoms with Crippen LogP contribution in [0.1, 0.15) is 17.5 Å². The third-order valence-corrected chi connectivity index (χ3v) is 3.11. The van der Waals surface area contributed by atoms with Gasteiger partial charge in [0.1, 0.15) is 0 Å². The lowest BCUT2D eigenvalue weighted by atomic mass is 10.0. The van der Waals surface area contributed by atoms with Crippen LogP contribution in [0.15, 0.2) is 18.2 Å². The molecule has 0 fully saturated rings. The molecule has 1 atom stereocenters. The standard InChI is InChI=1S/C11H13ClO/c12-11-3-1-2-9-6-8(4-5-13)7-10(9)11/h1-3,8,13H,4-7H2. The quantitative estimate of drug-likeness (QED) is 0.771. The molecular weight excluding hydrogens is 184 g/mol. The molecule has 1 N–H and O–H groups in total. The van der Waals surface area contributed by atoms with Crippen molar-refractivity contribution in [1.82, 2.24) is 0 Å². The number of aliphatic hydroxyl groups excluding tert-OH is 1. The zero-order valence-electron chi connectivity index (χ0n) is 7.46. The van der Waals surface area contributed by atoms with Crippen LogP contribution in [0.5, 0.6) is 0 Å². The fourth-order valence-corrected chi connectivity index (χ4v) is 2.35. The minimum Gasteiger partial charge on any atom is -0.396 e. The molecule has 1 aromatic rings. The van der Waals surface area contributed by atoms with E-state index in [9.17, 15) is 0 Å². The summed E-state index contributed by atoms with van der Waals surface area (Å²) in [5.41, 5.74) is 2.66. The third-order valence-electron chi connectivity index (χ3n) is 2.75. The first-order valence-electron chi connectivity index (χ1n) is 4.68. The fourth-order valence-electron chi connectivity index (χ4n) is 2.08. The van der Waals surface area contributed by atoms with E-state index in [1.165, 1.54) is 11.1 Å². The van der Waals surface area contributed by atoms with E-state index in [2.05, 4.69) is 6.07 Å². The van der Waals surface area contributed by atoms with Crippen LogP contribution in [0, 0.1) is 5.92 Å². The lowest BCUT2D eigenvalue weighted by Crippen LogP contribution is -2.01. The van der Waals surface area contributed by atoms with Gasteiger partial charge in [-0.2, -0.15) is 0 Å². The Hall–Kier alpha value is -0.530. The van der Waals surface area contributed by atoms with Crippen molar-refractivity contribution in [3.8, 4) is 0 Å². The average Bonchev–Trinajstić information content (AvgIpc) is 2.49. The van der Waals surface area contributed by atoms with Crippen molar-refractivity contribution in [3.05, 3.63) is 34.3 Å². The first kappa shape index (κ1) is 9.04. The maximum Gasteiger partial charge on any atom is 0.0440 e. The summed E-state index contributed by atoms with van der Waals surface area (Å²) in [4.78, 5) is 0. The SMILES string of the molecule is OCCC1Cc2cccc(Cl)c2C1. The highest BCUT2D eigenvalue weighted by atomic mass is 35.5. The van der Waals surface area contributed by atoms with Gasteiger partial charge < -0.3 is 5.11 Å². The second-order valence-electron chi connectivity index (χ2n) is 3.66. The van der Waals surface area contributed by atoms with E-state index in [1.807, 2.05) is 12.1 Å². The molecule has 2 rings (SSSR count). The van der Waals surface area contributed by atoms with Crippen LogP contribution in [0.2, 0.25) is 5.02 Å². The Kier molecular flexibility index (Phi) is 2.56. The van der Waals surface area contributed by atoms with Gasteiger partial charge in [0.15, 0.2) is 0 Å². The number of fused-ring (bicyclic) bond motifs is 1. The van der Waals surface area contributed by atoms with Crippen molar-refractivity contribution in [2.24, 2.45) is 5.92 Å². The highest BCUT2D eigenvalue weighted by Crippen LogP contribution is 2.33. The van der Waals surface area contributed by atoms with Crippen LogP contribution in [0.3, 0.4) is 0 Å². The minimum absolute atomic E-state index is 0.288. The van der Waals surface area contributed by atoms with Crippen molar-refractivity contribution in [1.29, 1.82) is 0 Å². The molecule has 0 radical (unpaired) electrons. The van der Waals surface area contributed by atoms with Gasteiger partial charge in [-0.15, -0.1) is 0 Å². The van der Waals surface area contributed by atoms with E-state index in [-0.39, 0.29) is 6.61 Å². The summed E-state index contributed by atoms with van der Waals surface area (Å²) >= 11 is 6.07. The Bertz CT molecular complexity index is 309. The van der Waals surface area contributed by atoms with Crippen molar-refractivity contribution < 1.29 is 5.11 Å². The van der Waals surface area contributed by atoms with E-state index in [1.54, 1.807) is 0 Å². The molecule has 13 heavy (non-hydrogen) atoms. The van der Waals surface area contributed by atoms with Gasteiger partial charge in [0, 0.05) is 11.6 Å². The Morgan fingerprint density at radius 3 is 2.92 bits per heavy atom. The summed E-state index contributed by atoms with van der Waals surface area (Å²) in [6.45, 7) is 0.288. The zero-order valence-corrected chi connectivity index (χ0v) is 8.22. The maximum absolute atomic E-state index is 8.84. The van der Waals surface area contributed by atoms with Crippen LogP contribution in [-0.2, 0) is 12.8 Å². The van der Waals surface area contributed by atoms with Gasteiger partial charge in [0.05, 0.1) is 0 Å². The van der Waals surface area contributed by atoms with E-state index >= 15 is 0 Å². The summed E-state index contributed by atoms with van der Waals surface area (Å²) in [6.07, 6.45) is 3.01. The van der Waals surface area contributed by atoms with E-state index < -0.39 is 0 Å². The highest BCUT2D eigenvalue weighted by molar-refractivity contribution is 6.31. The molecule has 1 aliphatic rings. The monoisotopic (exact) mass is 196 g/mol. The molecule has 1 unspecified atom stereocenters. The van der Waals surface area contributed by atoms with Gasteiger partial charge in [-0.1, -0.05) is 23.7 Å². The van der Waals surface area contributed by atoms with Crippen LogP contribution >= 0.6 is 11.6 Å². The first-order valence-corrected chi connectivity index (χ1v) is 5.06. The molecule has 0 aromatic heterocycles. The van der Waals surface area contributed by atoms with Gasteiger partial charge in [0.25, 0.3) is 0 Å². The Morgan fingerprint density at radius 1 is 1.38 bits per heavy atom. The van der Waals surface area contributed by atoms with Gasteiger partial charge in [-0.25, -0.2) is 0 Å². The predicted octanol–water partition coefficient (Wildman–Crippen LogP) is 2.44. The molecule has 0 bridgehead atoms. The fraction of sp³-hybridized carbons (Fsp3) is 0.455.